The van der Waals surface area contributed by atoms with Crippen LogP contribution in [0.4, 0.5) is 0 Å². The number of rotatable bonds is 7. The van der Waals surface area contributed by atoms with Crippen LogP contribution in [-0.2, 0) is 14.8 Å². The summed E-state index contributed by atoms with van der Waals surface area (Å²) in [6.45, 7) is 1.22. The molecule has 1 unspecified atom stereocenters. The van der Waals surface area contributed by atoms with Crippen molar-refractivity contribution < 1.29 is 23.1 Å². The summed E-state index contributed by atoms with van der Waals surface area (Å²) in [5.74, 6) is -0.184. The Morgan fingerprint density at radius 2 is 2.00 bits per heavy atom. The number of methoxy groups -OCH3 is 1. The zero-order valence-corrected chi connectivity index (χ0v) is 16.0. The smallest absolute Gasteiger partial charge is 0.317 e. The van der Waals surface area contributed by atoms with Crippen LogP contribution in [0.5, 0.6) is 5.75 Å². The van der Waals surface area contributed by atoms with E-state index in [4.69, 9.17) is 9.84 Å². The molecule has 0 radical (unpaired) electrons. The highest BCUT2D eigenvalue weighted by Gasteiger charge is 2.31. The maximum absolute atomic E-state index is 13.3. The maximum Gasteiger partial charge on any atom is 0.317 e. The van der Waals surface area contributed by atoms with Gasteiger partial charge in [-0.25, -0.2) is 8.42 Å². The largest absolute Gasteiger partial charge is 0.496 e. The topological polar surface area (TPSA) is 95.9 Å². The second-order valence-electron chi connectivity index (χ2n) is 6.71. The highest BCUT2D eigenvalue weighted by molar-refractivity contribution is 7.89. The average Bonchev–Trinajstić information content (AvgIpc) is 2.67. The lowest BCUT2D eigenvalue weighted by molar-refractivity contribution is -0.136. The number of nitrogens with one attached hydrogen (secondary N) is 1. The minimum Gasteiger partial charge on any atom is -0.496 e. The molecule has 1 saturated heterocycles. The highest BCUT2D eigenvalue weighted by Crippen LogP contribution is 2.33. The molecule has 1 fully saturated rings. The molecule has 1 aliphatic rings. The Labute approximate surface area is 159 Å². The Hall–Kier alpha value is -2.16. The van der Waals surface area contributed by atoms with E-state index < -0.39 is 16.0 Å². The van der Waals surface area contributed by atoms with E-state index >= 15 is 0 Å². The third-order valence-corrected chi connectivity index (χ3v) is 6.80. The van der Waals surface area contributed by atoms with E-state index in [1.807, 2.05) is 18.2 Å². The van der Waals surface area contributed by atoms with Gasteiger partial charge in [0.15, 0.2) is 0 Å². The monoisotopic (exact) mass is 392 g/mol. The number of benzene rings is 2. The molecule has 2 aromatic rings. The fourth-order valence-electron chi connectivity index (χ4n) is 3.58. The molecule has 7 nitrogen and oxygen atoms in total. The van der Waals surface area contributed by atoms with E-state index in [1.54, 1.807) is 25.3 Å². The summed E-state index contributed by atoms with van der Waals surface area (Å²) < 4.78 is 33.5. The number of hydrogen-bond donors (Lipinski definition) is 2. The van der Waals surface area contributed by atoms with Gasteiger partial charge in [-0.2, -0.15) is 4.31 Å². The molecule has 0 saturated carbocycles. The summed E-state index contributed by atoms with van der Waals surface area (Å²) in [7, 11) is -2.09. The highest BCUT2D eigenvalue weighted by atomic mass is 32.2. The van der Waals surface area contributed by atoms with Gasteiger partial charge in [-0.3, -0.25) is 4.79 Å². The van der Waals surface area contributed by atoms with Gasteiger partial charge in [0.2, 0.25) is 10.0 Å². The minimum atomic E-state index is -3.65. The first-order chi connectivity index (χ1) is 12.9. The van der Waals surface area contributed by atoms with Crippen LogP contribution in [0.3, 0.4) is 0 Å². The van der Waals surface area contributed by atoms with Crippen molar-refractivity contribution in [2.45, 2.75) is 17.7 Å². The second-order valence-corrected chi connectivity index (χ2v) is 8.61. The molecular weight excluding hydrogens is 368 g/mol. The molecule has 1 heterocycles. The standard InChI is InChI=1S/C19H24N2O5S/c1-26-17-8-9-18(16-7-3-2-6-15(16)17)27(24,25)21-10-4-5-14(13-21)11-20-12-19(22)23/h2-3,6-9,14,20H,4-5,10-13H2,1H3,(H,22,23). The summed E-state index contributed by atoms with van der Waals surface area (Å²) in [6.07, 6.45) is 1.63. The van der Waals surface area contributed by atoms with Gasteiger partial charge in [0.05, 0.1) is 18.6 Å². The zero-order valence-electron chi connectivity index (χ0n) is 15.2. The van der Waals surface area contributed by atoms with Crippen LogP contribution in [0.1, 0.15) is 12.8 Å². The Morgan fingerprint density at radius 3 is 2.70 bits per heavy atom. The predicted octanol–water partition coefficient (Wildman–Crippen LogP) is 1.92. The lowest BCUT2D eigenvalue weighted by Crippen LogP contribution is -2.43. The Kier molecular flexibility index (Phi) is 5.98. The molecule has 0 amide bonds. The molecule has 8 heteroatoms. The Balaban J connectivity index is 1.86. The number of sulfonamides is 1. The molecule has 1 atom stereocenters. The van der Waals surface area contributed by atoms with Crippen molar-refractivity contribution in [3.8, 4) is 5.75 Å². The lowest BCUT2D eigenvalue weighted by Gasteiger charge is -2.32. The van der Waals surface area contributed by atoms with E-state index in [1.165, 1.54) is 4.31 Å². The van der Waals surface area contributed by atoms with Gasteiger partial charge in [-0.15, -0.1) is 0 Å². The van der Waals surface area contributed by atoms with Crippen LogP contribution in [0, 0.1) is 5.92 Å². The first kappa shape index (κ1) is 19.6. The summed E-state index contributed by atoms with van der Waals surface area (Å²) in [6, 6.07) is 10.6. The molecule has 146 valence electrons. The van der Waals surface area contributed by atoms with Crippen molar-refractivity contribution in [1.82, 2.24) is 9.62 Å². The lowest BCUT2D eigenvalue weighted by atomic mass is 10.00. The predicted molar refractivity (Wildman–Crippen MR) is 102 cm³/mol. The third kappa shape index (κ3) is 4.23. The number of nitrogens with zero attached hydrogens (tertiary/aromatic N) is 1. The maximum atomic E-state index is 13.3. The molecule has 0 spiro atoms. The van der Waals surface area contributed by atoms with Crippen LogP contribution >= 0.6 is 0 Å². The normalized spacial score (nSPS) is 18.5. The molecule has 2 N–H and O–H groups in total. The summed E-state index contributed by atoms with van der Waals surface area (Å²) in [5, 5.41) is 13.0. The van der Waals surface area contributed by atoms with Gasteiger partial charge in [-0.05, 0) is 37.4 Å². The first-order valence-electron chi connectivity index (χ1n) is 8.92. The summed E-state index contributed by atoms with van der Waals surface area (Å²) in [5.41, 5.74) is 0. The molecule has 0 aliphatic carbocycles. The fraction of sp³-hybridized carbons (Fsp3) is 0.421. The van der Waals surface area contributed by atoms with Gasteiger partial charge in [0.1, 0.15) is 5.75 Å². The molecule has 2 aromatic carbocycles. The van der Waals surface area contributed by atoms with E-state index in [2.05, 4.69) is 5.32 Å². The van der Waals surface area contributed by atoms with Gasteiger partial charge in [0, 0.05) is 23.9 Å². The molecular formula is C19H24N2O5S. The molecule has 27 heavy (non-hydrogen) atoms. The molecule has 0 aromatic heterocycles. The van der Waals surface area contributed by atoms with Crippen LogP contribution in [0.25, 0.3) is 10.8 Å². The zero-order chi connectivity index (χ0) is 19.4. The second kappa shape index (κ2) is 8.24. The van der Waals surface area contributed by atoms with Crippen LogP contribution in [0.2, 0.25) is 0 Å². The molecule has 3 rings (SSSR count). The minimum absolute atomic E-state index is 0.0948. The number of fused-ring (bicyclic) bond motifs is 1. The number of carboxylic acids is 1. The van der Waals surface area contributed by atoms with Crippen molar-refractivity contribution >= 4 is 26.8 Å². The van der Waals surface area contributed by atoms with Crippen LogP contribution in [0.15, 0.2) is 41.3 Å². The fourth-order valence-corrected chi connectivity index (χ4v) is 5.33. The number of hydrogen-bond acceptors (Lipinski definition) is 5. The average molecular weight is 392 g/mol. The Bertz CT molecular complexity index is 929. The van der Waals surface area contributed by atoms with Gasteiger partial charge in [-0.1, -0.05) is 24.3 Å². The SMILES string of the molecule is COc1ccc(S(=O)(=O)N2CCCC(CNCC(=O)O)C2)c2ccccc12. The number of carbonyl (C=O) groups is 1. The van der Waals surface area contributed by atoms with Crippen molar-refractivity contribution in [3.05, 3.63) is 36.4 Å². The molecule has 0 bridgehead atoms. The van der Waals surface area contributed by atoms with E-state index in [9.17, 15) is 13.2 Å². The van der Waals surface area contributed by atoms with Crippen molar-refractivity contribution in [3.63, 3.8) is 0 Å². The van der Waals surface area contributed by atoms with E-state index in [0.29, 0.717) is 30.8 Å². The van der Waals surface area contributed by atoms with Crippen LogP contribution < -0.4 is 10.1 Å². The molecule has 1 aliphatic heterocycles. The quantitative estimate of drug-likeness (QED) is 0.747. The van der Waals surface area contributed by atoms with Crippen molar-refractivity contribution in [2.24, 2.45) is 5.92 Å². The number of carboxylic acid groups (broad SMARTS) is 1. The van der Waals surface area contributed by atoms with E-state index in [-0.39, 0.29) is 17.4 Å². The van der Waals surface area contributed by atoms with Gasteiger partial charge < -0.3 is 15.2 Å². The van der Waals surface area contributed by atoms with Gasteiger partial charge >= 0.3 is 5.97 Å². The summed E-state index contributed by atoms with van der Waals surface area (Å²) >= 11 is 0. The third-order valence-electron chi connectivity index (χ3n) is 4.87. The first-order valence-corrected chi connectivity index (χ1v) is 10.4. The van der Waals surface area contributed by atoms with Crippen molar-refractivity contribution in [1.29, 1.82) is 0 Å². The van der Waals surface area contributed by atoms with Crippen LogP contribution in [-0.4, -0.2) is 57.1 Å². The number of aliphatic carboxylic acids is 1. The van der Waals surface area contributed by atoms with Gasteiger partial charge in [0.25, 0.3) is 0 Å². The summed E-state index contributed by atoms with van der Waals surface area (Å²) in [4.78, 5) is 10.9. The number of piperidine rings is 1. The van der Waals surface area contributed by atoms with Crippen molar-refractivity contribution in [2.75, 3.05) is 33.3 Å². The van der Waals surface area contributed by atoms with E-state index in [0.717, 1.165) is 18.2 Å². The number of ether oxygens (including phenoxy) is 1. The Morgan fingerprint density at radius 1 is 1.26 bits per heavy atom.